The van der Waals surface area contributed by atoms with Crippen molar-refractivity contribution in [3.8, 4) is 0 Å². The quantitative estimate of drug-likeness (QED) is 0.840. The lowest BCUT2D eigenvalue weighted by molar-refractivity contribution is 0.0391. The number of anilines is 1. The Labute approximate surface area is 148 Å². The Kier molecular flexibility index (Phi) is 6.04. The van der Waals surface area contributed by atoms with Crippen molar-refractivity contribution in [2.24, 2.45) is 0 Å². The number of carbonyl (C=O) groups is 1. The minimum Gasteiger partial charge on any atom is -0.478 e. The molecular formula is C20H24N2O3. The number of carboxylic acid groups (broad SMARTS) is 1. The Morgan fingerprint density at radius 3 is 2.56 bits per heavy atom. The van der Waals surface area contributed by atoms with Crippen LogP contribution in [-0.2, 0) is 11.3 Å². The Morgan fingerprint density at radius 2 is 1.84 bits per heavy atom. The number of carboxylic acids is 1. The molecule has 1 N–H and O–H groups in total. The van der Waals surface area contributed by atoms with Crippen LogP contribution >= 0.6 is 0 Å². The van der Waals surface area contributed by atoms with Crippen LogP contribution in [0.25, 0.3) is 0 Å². The van der Waals surface area contributed by atoms with Gasteiger partial charge < -0.3 is 14.7 Å². The third-order valence-electron chi connectivity index (χ3n) is 4.46. The van der Waals surface area contributed by atoms with Crippen molar-refractivity contribution in [3.63, 3.8) is 0 Å². The molecule has 0 spiro atoms. The summed E-state index contributed by atoms with van der Waals surface area (Å²) < 4.78 is 5.41. The molecule has 2 aromatic carbocycles. The molecule has 0 radical (unpaired) electrons. The first kappa shape index (κ1) is 17.5. The van der Waals surface area contributed by atoms with E-state index in [4.69, 9.17) is 4.74 Å². The van der Waals surface area contributed by atoms with Gasteiger partial charge >= 0.3 is 5.97 Å². The van der Waals surface area contributed by atoms with Crippen LogP contribution in [0.2, 0.25) is 0 Å². The minimum atomic E-state index is -0.888. The van der Waals surface area contributed by atoms with Crippen molar-refractivity contribution in [2.75, 3.05) is 44.3 Å². The van der Waals surface area contributed by atoms with E-state index in [-0.39, 0.29) is 0 Å². The van der Waals surface area contributed by atoms with Gasteiger partial charge in [-0.3, -0.25) is 4.90 Å². The first-order valence-electron chi connectivity index (χ1n) is 8.65. The lowest BCUT2D eigenvalue weighted by Crippen LogP contribution is -2.41. The molecule has 25 heavy (non-hydrogen) atoms. The molecule has 2 aromatic rings. The van der Waals surface area contributed by atoms with Gasteiger partial charge in [-0.05, 0) is 29.8 Å². The maximum Gasteiger partial charge on any atom is 0.335 e. The molecule has 0 saturated carbocycles. The van der Waals surface area contributed by atoms with Gasteiger partial charge in [0.05, 0.1) is 18.8 Å². The van der Waals surface area contributed by atoms with Gasteiger partial charge in [-0.15, -0.1) is 0 Å². The highest BCUT2D eigenvalue weighted by Crippen LogP contribution is 2.18. The number of aromatic carboxylic acids is 1. The molecule has 0 atom stereocenters. The number of rotatable bonds is 7. The van der Waals surface area contributed by atoms with E-state index in [9.17, 15) is 9.90 Å². The highest BCUT2D eigenvalue weighted by atomic mass is 16.5. The van der Waals surface area contributed by atoms with Crippen LogP contribution in [0.1, 0.15) is 15.9 Å². The van der Waals surface area contributed by atoms with Crippen molar-refractivity contribution in [1.82, 2.24) is 4.90 Å². The number of benzene rings is 2. The van der Waals surface area contributed by atoms with Crippen LogP contribution in [0.3, 0.4) is 0 Å². The van der Waals surface area contributed by atoms with Gasteiger partial charge in [-0.2, -0.15) is 0 Å². The van der Waals surface area contributed by atoms with Crippen molar-refractivity contribution >= 4 is 11.7 Å². The fraction of sp³-hybridized carbons (Fsp3) is 0.350. The number of ether oxygens (including phenoxy) is 1. The molecule has 1 aliphatic rings. The maximum atomic E-state index is 11.2. The molecule has 0 aromatic heterocycles. The van der Waals surface area contributed by atoms with E-state index in [0.717, 1.165) is 50.6 Å². The second-order valence-corrected chi connectivity index (χ2v) is 6.22. The summed E-state index contributed by atoms with van der Waals surface area (Å²) in [5.74, 6) is -0.888. The molecule has 0 unspecified atom stereocenters. The van der Waals surface area contributed by atoms with Crippen molar-refractivity contribution in [1.29, 1.82) is 0 Å². The molecule has 1 saturated heterocycles. The highest BCUT2D eigenvalue weighted by Gasteiger charge is 2.14. The van der Waals surface area contributed by atoms with Gasteiger partial charge in [0.15, 0.2) is 0 Å². The molecule has 1 heterocycles. The van der Waals surface area contributed by atoms with E-state index in [0.29, 0.717) is 12.1 Å². The fourth-order valence-corrected chi connectivity index (χ4v) is 3.05. The normalized spacial score (nSPS) is 15.0. The number of hydrogen-bond acceptors (Lipinski definition) is 4. The summed E-state index contributed by atoms with van der Waals surface area (Å²) in [6, 6.07) is 17.4. The summed E-state index contributed by atoms with van der Waals surface area (Å²) in [5.41, 5.74) is 2.49. The van der Waals surface area contributed by atoms with Gasteiger partial charge in [-0.25, -0.2) is 4.79 Å². The Balaban J connectivity index is 1.72. The molecule has 5 heteroatoms. The zero-order chi connectivity index (χ0) is 17.5. The summed E-state index contributed by atoms with van der Waals surface area (Å²) in [7, 11) is 0. The number of para-hydroxylation sites is 1. The fourth-order valence-electron chi connectivity index (χ4n) is 3.05. The molecule has 0 aliphatic carbocycles. The summed E-state index contributed by atoms with van der Waals surface area (Å²) >= 11 is 0. The predicted molar refractivity (Wildman–Crippen MR) is 98.2 cm³/mol. The topological polar surface area (TPSA) is 53.0 Å². The van der Waals surface area contributed by atoms with Crippen molar-refractivity contribution < 1.29 is 14.6 Å². The Morgan fingerprint density at radius 1 is 1.08 bits per heavy atom. The average molecular weight is 340 g/mol. The third-order valence-corrected chi connectivity index (χ3v) is 4.46. The predicted octanol–water partition coefficient (Wildman–Crippen LogP) is 2.72. The average Bonchev–Trinajstić information content (AvgIpc) is 2.67. The van der Waals surface area contributed by atoms with Crippen LogP contribution < -0.4 is 4.90 Å². The van der Waals surface area contributed by atoms with E-state index in [2.05, 4.69) is 21.9 Å². The lowest BCUT2D eigenvalue weighted by Gasteiger charge is -2.31. The van der Waals surface area contributed by atoms with Crippen LogP contribution in [-0.4, -0.2) is 55.4 Å². The molecule has 5 nitrogen and oxygen atoms in total. The van der Waals surface area contributed by atoms with E-state index in [1.165, 1.54) is 0 Å². The molecule has 132 valence electrons. The first-order valence-corrected chi connectivity index (χ1v) is 8.65. The zero-order valence-corrected chi connectivity index (χ0v) is 14.3. The van der Waals surface area contributed by atoms with Gasteiger partial charge in [-0.1, -0.05) is 30.3 Å². The summed E-state index contributed by atoms with van der Waals surface area (Å²) in [6.45, 7) is 6.08. The van der Waals surface area contributed by atoms with Gasteiger partial charge in [0.1, 0.15) is 0 Å². The molecular weight excluding hydrogens is 316 g/mol. The smallest absolute Gasteiger partial charge is 0.335 e. The molecule has 0 bridgehead atoms. The summed E-state index contributed by atoms with van der Waals surface area (Å²) in [5, 5.41) is 9.20. The Bertz CT molecular complexity index is 684. The van der Waals surface area contributed by atoms with E-state index < -0.39 is 5.97 Å². The molecule has 1 fully saturated rings. The van der Waals surface area contributed by atoms with Gasteiger partial charge in [0, 0.05) is 38.4 Å². The van der Waals surface area contributed by atoms with Gasteiger partial charge in [0.2, 0.25) is 0 Å². The molecule has 1 aliphatic heterocycles. The summed E-state index contributed by atoms with van der Waals surface area (Å²) in [6.07, 6.45) is 0. The van der Waals surface area contributed by atoms with Gasteiger partial charge in [0.25, 0.3) is 0 Å². The highest BCUT2D eigenvalue weighted by molar-refractivity contribution is 5.87. The standard InChI is InChI=1S/C20H24N2O3/c23-20(24)18-6-4-5-17(15-18)16-22(19-7-2-1-3-8-19)10-9-21-11-13-25-14-12-21/h1-8,15H,9-14,16H2,(H,23,24). The second kappa shape index (κ2) is 8.65. The maximum absolute atomic E-state index is 11.2. The number of hydrogen-bond donors (Lipinski definition) is 1. The number of nitrogens with zero attached hydrogens (tertiary/aromatic N) is 2. The monoisotopic (exact) mass is 340 g/mol. The zero-order valence-electron chi connectivity index (χ0n) is 14.3. The second-order valence-electron chi connectivity index (χ2n) is 6.22. The lowest BCUT2D eigenvalue weighted by atomic mass is 10.1. The molecule has 0 amide bonds. The molecule has 3 rings (SSSR count). The van der Waals surface area contributed by atoms with Crippen molar-refractivity contribution in [3.05, 3.63) is 65.7 Å². The van der Waals surface area contributed by atoms with Crippen LogP contribution in [0.15, 0.2) is 54.6 Å². The van der Waals surface area contributed by atoms with Crippen LogP contribution in [0, 0.1) is 0 Å². The largest absolute Gasteiger partial charge is 0.478 e. The van der Waals surface area contributed by atoms with Crippen LogP contribution in [0.4, 0.5) is 5.69 Å². The summed E-state index contributed by atoms with van der Waals surface area (Å²) in [4.78, 5) is 15.9. The van der Waals surface area contributed by atoms with E-state index >= 15 is 0 Å². The first-order chi connectivity index (χ1) is 12.2. The number of morpholine rings is 1. The van der Waals surface area contributed by atoms with E-state index in [1.54, 1.807) is 12.1 Å². The minimum absolute atomic E-state index is 0.332. The van der Waals surface area contributed by atoms with Crippen molar-refractivity contribution in [2.45, 2.75) is 6.54 Å². The third kappa shape index (κ3) is 5.05. The van der Waals surface area contributed by atoms with Crippen LogP contribution in [0.5, 0.6) is 0 Å². The van der Waals surface area contributed by atoms with E-state index in [1.807, 2.05) is 30.3 Å². The SMILES string of the molecule is O=C(O)c1cccc(CN(CCN2CCOCC2)c2ccccc2)c1. The Hall–Kier alpha value is -2.37.